The van der Waals surface area contributed by atoms with Gasteiger partial charge in [0, 0.05) is 5.56 Å². The molecule has 17 heavy (non-hydrogen) atoms. The Morgan fingerprint density at radius 2 is 2.35 bits per heavy atom. The van der Waals surface area contributed by atoms with Gasteiger partial charge in [0.1, 0.15) is 5.82 Å². The van der Waals surface area contributed by atoms with Gasteiger partial charge in [0.25, 0.3) is 0 Å². The summed E-state index contributed by atoms with van der Waals surface area (Å²) in [5.41, 5.74) is 0.562. The lowest BCUT2D eigenvalue weighted by atomic mass is 10.2. The average Bonchev–Trinajstić information content (AvgIpc) is 2.68. The Kier molecular flexibility index (Phi) is 3.75. The van der Waals surface area contributed by atoms with Crippen LogP contribution in [-0.4, -0.2) is 23.0 Å². The summed E-state index contributed by atoms with van der Waals surface area (Å²) in [6.45, 7) is 0. The molecule has 88 valence electrons. The fraction of sp³-hybridized carbons (Fsp3) is 0.100. The Bertz CT molecular complexity index is 518. The Balaban J connectivity index is 2.08. The summed E-state index contributed by atoms with van der Waals surface area (Å²) >= 11 is 7.07. The second kappa shape index (κ2) is 5.29. The van der Waals surface area contributed by atoms with Crippen LogP contribution in [0, 0.1) is 5.82 Å². The van der Waals surface area contributed by atoms with Gasteiger partial charge < -0.3 is 5.32 Å². The number of nitrogens with zero attached hydrogens (tertiary/aromatic N) is 2. The van der Waals surface area contributed by atoms with Crippen LogP contribution in [0.2, 0.25) is 5.02 Å². The second-order valence-corrected chi connectivity index (χ2v) is 4.52. The summed E-state index contributed by atoms with van der Waals surface area (Å²) in [5.74, 6) is -0.146. The molecule has 1 aromatic rings. The van der Waals surface area contributed by atoms with Crippen molar-refractivity contribution in [3.05, 3.63) is 34.6 Å². The van der Waals surface area contributed by atoms with E-state index in [0.717, 1.165) is 0 Å². The number of thioether (sulfide) groups is 1. The smallest absolute Gasteiger partial charge is 0.236 e. The Hall–Kier alpha value is -1.40. The van der Waals surface area contributed by atoms with Crippen molar-refractivity contribution >= 4 is 40.7 Å². The number of halogens is 2. The van der Waals surface area contributed by atoms with Crippen molar-refractivity contribution in [3.63, 3.8) is 0 Å². The van der Waals surface area contributed by atoms with Gasteiger partial charge in [-0.2, -0.15) is 5.10 Å². The first-order valence-electron chi connectivity index (χ1n) is 4.64. The van der Waals surface area contributed by atoms with Crippen LogP contribution < -0.4 is 5.32 Å². The van der Waals surface area contributed by atoms with E-state index in [1.54, 1.807) is 0 Å². The lowest BCUT2D eigenvalue weighted by Crippen LogP contribution is -2.19. The highest BCUT2D eigenvalue weighted by molar-refractivity contribution is 8.15. The molecule has 1 heterocycles. The summed E-state index contributed by atoms with van der Waals surface area (Å²) in [6, 6.07) is 3.98. The summed E-state index contributed by atoms with van der Waals surface area (Å²) in [7, 11) is 0. The molecule has 1 aromatic carbocycles. The number of benzene rings is 1. The number of nitrogens with one attached hydrogen (secondary N) is 1. The molecule has 0 unspecified atom stereocenters. The molecule has 1 saturated heterocycles. The van der Waals surface area contributed by atoms with Crippen molar-refractivity contribution < 1.29 is 9.18 Å². The van der Waals surface area contributed by atoms with E-state index in [0.29, 0.717) is 16.5 Å². The van der Waals surface area contributed by atoms with Crippen molar-refractivity contribution in [2.45, 2.75) is 0 Å². The minimum absolute atomic E-state index is 0.0937. The van der Waals surface area contributed by atoms with E-state index in [4.69, 9.17) is 11.6 Å². The highest BCUT2D eigenvalue weighted by atomic mass is 35.5. The molecule has 1 amide bonds. The van der Waals surface area contributed by atoms with Gasteiger partial charge in [0.2, 0.25) is 5.91 Å². The van der Waals surface area contributed by atoms with E-state index < -0.39 is 5.82 Å². The quantitative estimate of drug-likeness (QED) is 0.661. The lowest BCUT2D eigenvalue weighted by Gasteiger charge is -1.96. The zero-order valence-corrected chi connectivity index (χ0v) is 10.1. The largest absolute Gasteiger partial charge is 0.303 e. The van der Waals surface area contributed by atoms with E-state index in [9.17, 15) is 9.18 Å². The minimum atomic E-state index is -0.405. The van der Waals surface area contributed by atoms with Crippen LogP contribution in [0.5, 0.6) is 0 Å². The topological polar surface area (TPSA) is 53.8 Å². The monoisotopic (exact) mass is 271 g/mol. The standard InChI is InChI=1S/C10H7ClFN3OS/c11-8-3-7(12)2-1-6(8)4-13-15-10-14-9(16)5-17-10/h1-4H,5H2,(H,14,15,16). The van der Waals surface area contributed by atoms with Crippen LogP contribution in [0.15, 0.2) is 28.4 Å². The molecular formula is C10H7ClFN3OS. The van der Waals surface area contributed by atoms with E-state index in [-0.39, 0.29) is 10.9 Å². The van der Waals surface area contributed by atoms with Crippen molar-refractivity contribution in [1.82, 2.24) is 5.32 Å². The predicted octanol–water partition coefficient (Wildman–Crippen LogP) is 2.03. The minimum Gasteiger partial charge on any atom is -0.303 e. The van der Waals surface area contributed by atoms with Crippen LogP contribution in [0.4, 0.5) is 4.39 Å². The molecule has 0 radical (unpaired) electrons. The molecule has 1 N–H and O–H groups in total. The maximum Gasteiger partial charge on any atom is 0.236 e. The van der Waals surface area contributed by atoms with Crippen molar-refractivity contribution in [2.75, 3.05) is 5.75 Å². The molecule has 1 aliphatic rings. The molecule has 0 spiro atoms. The summed E-state index contributed by atoms with van der Waals surface area (Å²) in [5, 5.41) is 10.8. The van der Waals surface area contributed by atoms with Crippen LogP contribution in [0.25, 0.3) is 0 Å². The fourth-order valence-corrected chi connectivity index (χ4v) is 1.98. The third kappa shape index (κ3) is 3.28. The zero-order valence-electron chi connectivity index (χ0n) is 8.48. The van der Waals surface area contributed by atoms with E-state index >= 15 is 0 Å². The first kappa shape index (κ1) is 12.1. The van der Waals surface area contributed by atoms with Crippen molar-refractivity contribution in [1.29, 1.82) is 0 Å². The Morgan fingerprint density at radius 1 is 1.53 bits per heavy atom. The molecule has 2 rings (SSSR count). The van der Waals surface area contributed by atoms with Gasteiger partial charge in [-0.3, -0.25) is 4.79 Å². The molecule has 1 fully saturated rings. The molecule has 7 heteroatoms. The highest BCUT2D eigenvalue weighted by Crippen LogP contribution is 2.15. The second-order valence-electron chi connectivity index (χ2n) is 3.15. The Labute approximate surface area is 106 Å². The Morgan fingerprint density at radius 3 is 3.00 bits per heavy atom. The summed E-state index contributed by atoms with van der Waals surface area (Å²) < 4.78 is 12.8. The molecule has 0 aromatic heterocycles. The molecule has 4 nitrogen and oxygen atoms in total. The maximum absolute atomic E-state index is 12.8. The van der Waals surface area contributed by atoms with E-state index in [2.05, 4.69) is 15.5 Å². The van der Waals surface area contributed by atoms with Gasteiger partial charge in [-0.25, -0.2) is 4.39 Å². The highest BCUT2D eigenvalue weighted by Gasteiger charge is 2.15. The van der Waals surface area contributed by atoms with Gasteiger partial charge in [-0.15, -0.1) is 5.10 Å². The van der Waals surface area contributed by atoms with Gasteiger partial charge in [-0.05, 0) is 18.2 Å². The molecule has 0 bridgehead atoms. The lowest BCUT2D eigenvalue weighted by molar-refractivity contribution is -0.116. The average molecular weight is 272 g/mol. The first-order valence-corrected chi connectivity index (χ1v) is 6.00. The van der Waals surface area contributed by atoms with Gasteiger partial charge in [0.15, 0.2) is 5.17 Å². The van der Waals surface area contributed by atoms with Gasteiger partial charge >= 0.3 is 0 Å². The van der Waals surface area contributed by atoms with Gasteiger partial charge in [-0.1, -0.05) is 23.4 Å². The van der Waals surface area contributed by atoms with Crippen LogP contribution >= 0.6 is 23.4 Å². The molecule has 0 atom stereocenters. The summed E-state index contributed by atoms with van der Waals surface area (Å²) in [6.07, 6.45) is 1.40. The van der Waals surface area contributed by atoms with E-state index in [1.807, 2.05) is 0 Å². The van der Waals surface area contributed by atoms with E-state index in [1.165, 1.54) is 36.2 Å². The summed E-state index contributed by atoms with van der Waals surface area (Å²) in [4.78, 5) is 10.9. The normalized spacial score (nSPS) is 18.0. The fourth-order valence-electron chi connectivity index (χ4n) is 1.13. The van der Waals surface area contributed by atoms with Crippen LogP contribution in [0.1, 0.15) is 5.56 Å². The number of amidine groups is 1. The van der Waals surface area contributed by atoms with Gasteiger partial charge in [0.05, 0.1) is 17.0 Å². The number of carbonyl (C=O) groups is 1. The van der Waals surface area contributed by atoms with Crippen molar-refractivity contribution in [3.8, 4) is 0 Å². The third-order valence-corrected chi connectivity index (χ3v) is 3.09. The molecular weight excluding hydrogens is 265 g/mol. The molecule has 0 aliphatic carbocycles. The van der Waals surface area contributed by atoms with Crippen LogP contribution in [0.3, 0.4) is 0 Å². The molecule has 1 aliphatic heterocycles. The third-order valence-electron chi connectivity index (χ3n) is 1.89. The molecule has 0 saturated carbocycles. The maximum atomic E-state index is 12.8. The first-order chi connectivity index (χ1) is 8.15. The van der Waals surface area contributed by atoms with Crippen LogP contribution in [-0.2, 0) is 4.79 Å². The number of amides is 1. The zero-order chi connectivity index (χ0) is 12.3. The SMILES string of the molecule is O=C1CSC(=NN=Cc2ccc(F)cc2Cl)N1. The van der Waals surface area contributed by atoms with Crippen molar-refractivity contribution in [2.24, 2.45) is 10.2 Å². The number of rotatable bonds is 2. The predicted molar refractivity (Wildman–Crippen MR) is 67.0 cm³/mol. The number of hydrogen-bond donors (Lipinski definition) is 1. The number of carbonyl (C=O) groups excluding carboxylic acids is 1. The number of hydrogen-bond acceptors (Lipinski definition) is 4.